The topological polar surface area (TPSA) is 73.6 Å². The molecular formula is C15H16N2O4. The number of nitro benzene ring substituents is 1. The minimum absolute atomic E-state index is 0.00492. The van der Waals surface area contributed by atoms with E-state index in [1.165, 1.54) is 19.2 Å². The monoisotopic (exact) mass is 288 g/mol. The lowest BCUT2D eigenvalue weighted by Gasteiger charge is -2.13. The first-order valence-electron chi connectivity index (χ1n) is 6.34. The minimum atomic E-state index is -0.452. The highest BCUT2D eigenvalue weighted by Crippen LogP contribution is 2.30. The standard InChI is InChI=1S/C15H16N2O4/c1-20-14-6-4-3-5-11(14)10-16-13-8-7-12(17(18)19)9-15(13)21-2/h3-9,16H,10H2,1-2H3. The Labute approximate surface area is 122 Å². The minimum Gasteiger partial charge on any atom is -0.496 e. The fourth-order valence-electron chi connectivity index (χ4n) is 1.98. The van der Waals surface area contributed by atoms with E-state index in [-0.39, 0.29) is 5.69 Å². The molecule has 2 aromatic rings. The number of benzene rings is 2. The number of methoxy groups -OCH3 is 2. The number of para-hydroxylation sites is 1. The Morgan fingerprint density at radius 3 is 2.48 bits per heavy atom. The van der Waals surface area contributed by atoms with Gasteiger partial charge in [0, 0.05) is 18.2 Å². The molecule has 6 heteroatoms. The van der Waals surface area contributed by atoms with Crippen molar-refractivity contribution in [2.75, 3.05) is 19.5 Å². The number of rotatable bonds is 6. The molecule has 0 unspecified atom stereocenters. The Kier molecular flexibility index (Phi) is 4.61. The zero-order valence-corrected chi connectivity index (χ0v) is 11.8. The van der Waals surface area contributed by atoms with Crippen LogP contribution in [0.25, 0.3) is 0 Å². The van der Waals surface area contributed by atoms with Crippen LogP contribution in [0.15, 0.2) is 42.5 Å². The summed E-state index contributed by atoms with van der Waals surface area (Å²) in [5, 5.41) is 14.0. The van der Waals surface area contributed by atoms with Crippen LogP contribution >= 0.6 is 0 Å². The van der Waals surface area contributed by atoms with Gasteiger partial charge < -0.3 is 14.8 Å². The quantitative estimate of drug-likeness (QED) is 0.652. The molecule has 0 aliphatic rings. The molecule has 0 atom stereocenters. The van der Waals surface area contributed by atoms with Gasteiger partial charge in [-0.25, -0.2) is 0 Å². The summed E-state index contributed by atoms with van der Waals surface area (Å²) in [7, 11) is 3.10. The van der Waals surface area contributed by atoms with Gasteiger partial charge in [-0.2, -0.15) is 0 Å². The zero-order chi connectivity index (χ0) is 15.2. The van der Waals surface area contributed by atoms with Crippen LogP contribution in [0.4, 0.5) is 11.4 Å². The van der Waals surface area contributed by atoms with Gasteiger partial charge in [0.25, 0.3) is 5.69 Å². The summed E-state index contributed by atoms with van der Waals surface area (Å²) in [5.74, 6) is 1.21. The predicted octanol–water partition coefficient (Wildman–Crippen LogP) is 3.22. The van der Waals surface area contributed by atoms with Gasteiger partial charge in [0.2, 0.25) is 0 Å². The zero-order valence-electron chi connectivity index (χ0n) is 11.8. The molecule has 0 aliphatic heterocycles. The van der Waals surface area contributed by atoms with Crippen molar-refractivity contribution >= 4 is 11.4 Å². The van der Waals surface area contributed by atoms with Crippen LogP contribution < -0.4 is 14.8 Å². The lowest BCUT2D eigenvalue weighted by atomic mass is 10.2. The van der Waals surface area contributed by atoms with Crippen LogP contribution in [0.1, 0.15) is 5.56 Å². The fourth-order valence-corrected chi connectivity index (χ4v) is 1.98. The number of non-ortho nitro benzene ring substituents is 1. The molecule has 2 aromatic carbocycles. The Balaban J connectivity index is 2.18. The Morgan fingerprint density at radius 2 is 1.81 bits per heavy atom. The highest BCUT2D eigenvalue weighted by molar-refractivity contribution is 5.61. The Morgan fingerprint density at radius 1 is 1.10 bits per heavy atom. The number of ether oxygens (including phenoxy) is 2. The molecule has 0 spiro atoms. The molecule has 110 valence electrons. The fraction of sp³-hybridized carbons (Fsp3) is 0.200. The normalized spacial score (nSPS) is 10.0. The molecule has 6 nitrogen and oxygen atoms in total. The first kappa shape index (κ1) is 14.6. The van der Waals surface area contributed by atoms with E-state index in [9.17, 15) is 10.1 Å². The lowest BCUT2D eigenvalue weighted by Crippen LogP contribution is -2.03. The van der Waals surface area contributed by atoms with Crippen LogP contribution in [-0.4, -0.2) is 19.1 Å². The molecule has 0 radical (unpaired) electrons. The Hall–Kier alpha value is -2.76. The van der Waals surface area contributed by atoms with Crippen molar-refractivity contribution in [3.8, 4) is 11.5 Å². The molecule has 0 amide bonds. The van der Waals surface area contributed by atoms with E-state index >= 15 is 0 Å². The van der Waals surface area contributed by atoms with E-state index in [2.05, 4.69) is 5.32 Å². The van der Waals surface area contributed by atoms with Crippen molar-refractivity contribution in [1.82, 2.24) is 0 Å². The third kappa shape index (κ3) is 3.42. The number of hydrogen-bond acceptors (Lipinski definition) is 5. The van der Waals surface area contributed by atoms with Gasteiger partial charge in [0.05, 0.1) is 30.9 Å². The summed E-state index contributed by atoms with van der Waals surface area (Å²) < 4.78 is 10.5. The van der Waals surface area contributed by atoms with E-state index in [1.807, 2.05) is 24.3 Å². The first-order chi connectivity index (χ1) is 10.2. The molecule has 0 aliphatic carbocycles. The van der Waals surface area contributed by atoms with Crippen molar-refractivity contribution in [3.63, 3.8) is 0 Å². The molecule has 2 rings (SSSR count). The van der Waals surface area contributed by atoms with Crippen LogP contribution in [0.3, 0.4) is 0 Å². The molecule has 0 saturated carbocycles. The summed E-state index contributed by atoms with van der Waals surface area (Å²) in [6.45, 7) is 0.526. The molecular weight excluding hydrogens is 272 g/mol. The highest BCUT2D eigenvalue weighted by Gasteiger charge is 2.11. The summed E-state index contributed by atoms with van der Waals surface area (Å²) in [5.41, 5.74) is 1.67. The number of nitrogens with zero attached hydrogens (tertiary/aromatic N) is 1. The lowest BCUT2D eigenvalue weighted by molar-refractivity contribution is -0.384. The van der Waals surface area contributed by atoms with Gasteiger partial charge in [-0.05, 0) is 12.1 Å². The maximum absolute atomic E-state index is 10.8. The molecule has 0 heterocycles. The first-order valence-corrected chi connectivity index (χ1v) is 6.34. The van der Waals surface area contributed by atoms with Crippen molar-refractivity contribution in [2.24, 2.45) is 0 Å². The van der Waals surface area contributed by atoms with Crippen LogP contribution in [-0.2, 0) is 6.54 Å². The van der Waals surface area contributed by atoms with E-state index in [0.29, 0.717) is 18.0 Å². The third-order valence-electron chi connectivity index (χ3n) is 3.06. The van der Waals surface area contributed by atoms with Gasteiger partial charge in [-0.15, -0.1) is 0 Å². The van der Waals surface area contributed by atoms with E-state index in [0.717, 1.165) is 11.3 Å². The van der Waals surface area contributed by atoms with E-state index in [4.69, 9.17) is 9.47 Å². The Bertz CT molecular complexity index is 643. The van der Waals surface area contributed by atoms with Crippen molar-refractivity contribution in [1.29, 1.82) is 0 Å². The van der Waals surface area contributed by atoms with Gasteiger partial charge in [0.15, 0.2) is 0 Å². The second-order valence-electron chi connectivity index (χ2n) is 4.31. The molecule has 0 fully saturated rings. The van der Waals surface area contributed by atoms with Crippen LogP contribution in [0.5, 0.6) is 11.5 Å². The maximum atomic E-state index is 10.8. The molecule has 0 saturated heterocycles. The largest absolute Gasteiger partial charge is 0.496 e. The van der Waals surface area contributed by atoms with Gasteiger partial charge in [-0.1, -0.05) is 18.2 Å². The number of hydrogen-bond donors (Lipinski definition) is 1. The average molecular weight is 288 g/mol. The number of nitrogens with one attached hydrogen (secondary N) is 1. The van der Waals surface area contributed by atoms with Gasteiger partial charge in [0.1, 0.15) is 11.5 Å². The van der Waals surface area contributed by atoms with Crippen molar-refractivity contribution in [2.45, 2.75) is 6.54 Å². The SMILES string of the molecule is COc1ccccc1CNc1ccc([N+](=O)[O-])cc1OC. The molecule has 0 bridgehead atoms. The summed E-state index contributed by atoms with van der Waals surface area (Å²) in [4.78, 5) is 10.3. The number of anilines is 1. The summed E-state index contributed by atoms with van der Waals surface area (Å²) in [6.07, 6.45) is 0. The van der Waals surface area contributed by atoms with E-state index in [1.54, 1.807) is 13.2 Å². The predicted molar refractivity (Wildman–Crippen MR) is 80.0 cm³/mol. The van der Waals surface area contributed by atoms with Gasteiger partial charge >= 0.3 is 0 Å². The third-order valence-corrected chi connectivity index (χ3v) is 3.06. The maximum Gasteiger partial charge on any atom is 0.273 e. The average Bonchev–Trinajstić information content (AvgIpc) is 2.52. The summed E-state index contributed by atoms with van der Waals surface area (Å²) >= 11 is 0. The molecule has 1 N–H and O–H groups in total. The summed E-state index contributed by atoms with van der Waals surface area (Å²) in [6, 6.07) is 12.1. The van der Waals surface area contributed by atoms with Crippen LogP contribution in [0.2, 0.25) is 0 Å². The molecule has 21 heavy (non-hydrogen) atoms. The van der Waals surface area contributed by atoms with E-state index < -0.39 is 4.92 Å². The van der Waals surface area contributed by atoms with Gasteiger partial charge in [-0.3, -0.25) is 10.1 Å². The number of nitro groups is 1. The highest BCUT2D eigenvalue weighted by atomic mass is 16.6. The smallest absolute Gasteiger partial charge is 0.273 e. The second-order valence-corrected chi connectivity index (χ2v) is 4.31. The molecule has 0 aromatic heterocycles. The second kappa shape index (κ2) is 6.60. The van der Waals surface area contributed by atoms with Crippen molar-refractivity contribution in [3.05, 3.63) is 58.1 Å². The van der Waals surface area contributed by atoms with Crippen LogP contribution in [0, 0.1) is 10.1 Å². The van der Waals surface area contributed by atoms with Crippen molar-refractivity contribution < 1.29 is 14.4 Å².